The van der Waals surface area contributed by atoms with Gasteiger partial charge in [-0.3, -0.25) is 9.59 Å². The maximum Gasteiger partial charge on any atom is 0.282 e. The van der Waals surface area contributed by atoms with Crippen molar-refractivity contribution >= 4 is 23.1 Å². The molecule has 0 atom stereocenters. The monoisotopic (exact) mass is 418 g/mol. The topological polar surface area (TPSA) is 49.9 Å². The van der Waals surface area contributed by atoms with Crippen LogP contribution in [0.15, 0.2) is 48.2 Å². The van der Waals surface area contributed by atoms with Crippen LogP contribution in [0.5, 0.6) is 5.75 Å². The van der Waals surface area contributed by atoms with Crippen LogP contribution in [0.3, 0.4) is 0 Å². The summed E-state index contributed by atoms with van der Waals surface area (Å²) < 4.78 is 5.75. The maximum absolute atomic E-state index is 13.7. The number of likely N-dealkylation sites (tertiary alicyclic amines) is 1. The highest BCUT2D eigenvalue weighted by Gasteiger charge is 2.43. The molecule has 0 aliphatic carbocycles. The fourth-order valence-corrected chi connectivity index (χ4v) is 4.36. The standard InChI is InChI=1S/C26H30N2O3/c1-17(2)31-21-13-11-20(12-14-21)23-24(27-15-6-5-7-16-27)26(30)28(25(23)29)22-10-8-9-18(3)19(22)4/h8-14,17H,5-7,15-16H2,1-4H3. The van der Waals surface area contributed by atoms with Crippen LogP contribution in [0.1, 0.15) is 49.8 Å². The van der Waals surface area contributed by atoms with Crippen molar-refractivity contribution in [3.05, 3.63) is 64.9 Å². The lowest BCUT2D eigenvalue weighted by Gasteiger charge is -2.29. The zero-order valence-corrected chi connectivity index (χ0v) is 18.8. The lowest BCUT2D eigenvalue weighted by atomic mass is 10.0. The molecule has 0 spiro atoms. The summed E-state index contributed by atoms with van der Waals surface area (Å²) in [5, 5.41) is 0. The number of anilines is 1. The van der Waals surface area contributed by atoms with Crippen molar-refractivity contribution in [2.45, 2.75) is 53.1 Å². The molecule has 0 aromatic heterocycles. The zero-order valence-electron chi connectivity index (χ0n) is 18.8. The Morgan fingerprint density at radius 1 is 0.871 bits per heavy atom. The molecule has 0 unspecified atom stereocenters. The van der Waals surface area contributed by atoms with Crippen LogP contribution < -0.4 is 9.64 Å². The summed E-state index contributed by atoms with van der Waals surface area (Å²) in [6, 6.07) is 13.3. The predicted octanol–water partition coefficient (Wildman–Crippen LogP) is 4.86. The van der Waals surface area contributed by atoms with Gasteiger partial charge in [-0.25, -0.2) is 4.90 Å². The molecule has 5 nitrogen and oxygen atoms in total. The maximum atomic E-state index is 13.7. The number of carbonyl (C=O) groups is 2. The van der Waals surface area contributed by atoms with Gasteiger partial charge in [0.05, 0.1) is 17.4 Å². The number of nitrogens with zero attached hydrogens (tertiary/aromatic N) is 2. The van der Waals surface area contributed by atoms with Crippen molar-refractivity contribution < 1.29 is 14.3 Å². The number of benzene rings is 2. The van der Waals surface area contributed by atoms with Gasteiger partial charge in [0.1, 0.15) is 11.4 Å². The van der Waals surface area contributed by atoms with Crippen molar-refractivity contribution in [2.24, 2.45) is 0 Å². The molecule has 0 saturated carbocycles. The molecule has 2 aliphatic rings. The van der Waals surface area contributed by atoms with Gasteiger partial charge in [0.25, 0.3) is 11.8 Å². The Bertz CT molecular complexity index is 1030. The Morgan fingerprint density at radius 3 is 2.19 bits per heavy atom. The minimum atomic E-state index is -0.253. The summed E-state index contributed by atoms with van der Waals surface area (Å²) >= 11 is 0. The van der Waals surface area contributed by atoms with E-state index < -0.39 is 0 Å². The van der Waals surface area contributed by atoms with E-state index in [9.17, 15) is 9.59 Å². The fraction of sp³-hybridized carbons (Fsp3) is 0.385. The van der Waals surface area contributed by atoms with Gasteiger partial charge in [0.15, 0.2) is 0 Å². The van der Waals surface area contributed by atoms with Crippen LogP contribution in [-0.2, 0) is 9.59 Å². The Balaban J connectivity index is 1.79. The number of imide groups is 1. The zero-order chi connectivity index (χ0) is 22.1. The third-order valence-electron chi connectivity index (χ3n) is 6.06. The van der Waals surface area contributed by atoms with Gasteiger partial charge in [-0.1, -0.05) is 24.3 Å². The molecule has 0 bridgehead atoms. The molecule has 2 amide bonds. The van der Waals surface area contributed by atoms with Crippen molar-refractivity contribution in [2.75, 3.05) is 18.0 Å². The SMILES string of the molecule is Cc1cccc(N2C(=O)C(c3ccc(OC(C)C)cc3)=C(N3CCCCC3)C2=O)c1C. The third-order valence-corrected chi connectivity index (χ3v) is 6.06. The number of carbonyl (C=O) groups excluding carboxylic acids is 2. The molecule has 1 fully saturated rings. The molecule has 2 aromatic rings. The molecule has 0 N–H and O–H groups in total. The molecule has 1 saturated heterocycles. The van der Waals surface area contributed by atoms with Gasteiger partial charge in [0.2, 0.25) is 0 Å². The average molecular weight is 419 g/mol. The lowest BCUT2D eigenvalue weighted by Crippen LogP contribution is -2.37. The first-order valence-electron chi connectivity index (χ1n) is 11.1. The second-order valence-electron chi connectivity index (χ2n) is 8.63. The van der Waals surface area contributed by atoms with Gasteiger partial charge in [-0.2, -0.15) is 0 Å². The fourth-order valence-electron chi connectivity index (χ4n) is 4.36. The first-order valence-corrected chi connectivity index (χ1v) is 11.1. The number of ether oxygens (including phenoxy) is 1. The number of amides is 2. The molecule has 2 aromatic carbocycles. The quantitative estimate of drug-likeness (QED) is 0.651. The second-order valence-corrected chi connectivity index (χ2v) is 8.63. The van der Waals surface area contributed by atoms with Gasteiger partial charge in [-0.15, -0.1) is 0 Å². The smallest absolute Gasteiger partial charge is 0.282 e. The Labute approximate surface area is 184 Å². The summed E-state index contributed by atoms with van der Waals surface area (Å²) in [7, 11) is 0. The van der Waals surface area contributed by atoms with E-state index in [4.69, 9.17) is 4.74 Å². The van der Waals surface area contributed by atoms with Crippen molar-refractivity contribution in [1.82, 2.24) is 4.90 Å². The van der Waals surface area contributed by atoms with Crippen molar-refractivity contribution in [1.29, 1.82) is 0 Å². The summed E-state index contributed by atoms with van der Waals surface area (Å²) in [6.07, 6.45) is 3.29. The summed E-state index contributed by atoms with van der Waals surface area (Å²) in [5.41, 5.74) is 4.44. The summed E-state index contributed by atoms with van der Waals surface area (Å²) in [4.78, 5) is 30.8. The van der Waals surface area contributed by atoms with E-state index in [0.29, 0.717) is 17.0 Å². The van der Waals surface area contributed by atoms with E-state index in [2.05, 4.69) is 4.90 Å². The molecule has 2 aliphatic heterocycles. The number of hydrogen-bond donors (Lipinski definition) is 0. The summed E-state index contributed by atoms with van der Waals surface area (Å²) in [5.74, 6) is 0.275. The second kappa shape index (κ2) is 8.58. The van der Waals surface area contributed by atoms with Crippen LogP contribution in [0.25, 0.3) is 5.57 Å². The molecular formula is C26H30N2O3. The average Bonchev–Trinajstić information content (AvgIpc) is 3.01. The van der Waals surface area contributed by atoms with Crippen LogP contribution in [0, 0.1) is 13.8 Å². The predicted molar refractivity (Wildman–Crippen MR) is 123 cm³/mol. The normalized spacial score (nSPS) is 17.2. The van der Waals surface area contributed by atoms with Crippen LogP contribution in [0.4, 0.5) is 5.69 Å². The minimum absolute atomic E-state index is 0.0726. The Kier molecular flexibility index (Phi) is 5.86. The van der Waals surface area contributed by atoms with Gasteiger partial charge < -0.3 is 9.64 Å². The largest absolute Gasteiger partial charge is 0.491 e. The van der Waals surface area contributed by atoms with Gasteiger partial charge in [-0.05, 0) is 81.8 Å². The van der Waals surface area contributed by atoms with E-state index in [1.807, 2.05) is 70.2 Å². The van der Waals surface area contributed by atoms with Gasteiger partial charge in [0, 0.05) is 13.1 Å². The van der Waals surface area contributed by atoms with E-state index in [0.717, 1.165) is 54.8 Å². The Morgan fingerprint density at radius 2 is 1.55 bits per heavy atom. The van der Waals surface area contributed by atoms with E-state index >= 15 is 0 Å². The molecule has 2 heterocycles. The molecule has 0 radical (unpaired) electrons. The molecule has 162 valence electrons. The molecule has 5 heteroatoms. The van der Waals surface area contributed by atoms with Gasteiger partial charge >= 0.3 is 0 Å². The number of rotatable bonds is 5. The van der Waals surface area contributed by atoms with Crippen LogP contribution in [0.2, 0.25) is 0 Å². The lowest BCUT2D eigenvalue weighted by molar-refractivity contribution is -0.120. The Hall–Kier alpha value is -3.08. The first-order chi connectivity index (χ1) is 14.9. The highest BCUT2D eigenvalue weighted by Crippen LogP contribution is 2.37. The van der Waals surface area contributed by atoms with E-state index in [-0.39, 0.29) is 17.9 Å². The minimum Gasteiger partial charge on any atom is -0.491 e. The molecule has 4 rings (SSSR count). The third kappa shape index (κ3) is 3.97. The summed E-state index contributed by atoms with van der Waals surface area (Å²) in [6.45, 7) is 9.51. The van der Waals surface area contributed by atoms with Crippen LogP contribution in [-0.4, -0.2) is 35.9 Å². The van der Waals surface area contributed by atoms with E-state index in [1.54, 1.807) is 0 Å². The number of piperidine rings is 1. The number of aryl methyl sites for hydroxylation is 1. The first kappa shape index (κ1) is 21.2. The van der Waals surface area contributed by atoms with E-state index in [1.165, 1.54) is 4.90 Å². The highest BCUT2D eigenvalue weighted by molar-refractivity contribution is 6.45. The highest BCUT2D eigenvalue weighted by atomic mass is 16.5. The van der Waals surface area contributed by atoms with Crippen molar-refractivity contribution in [3.63, 3.8) is 0 Å². The van der Waals surface area contributed by atoms with Crippen LogP contribution >= 0.6 is 0 Å². The van der Waals surface area contributed by atoms with Crippen molar-refractivity contribution in [3.8, 4) is 5.75 Å². The number of hydrogen-bond acceptors (Lipinski definition) is 4. The molecule has 31 heavy (non-hydrogen) atoms. The molecular weight excluding hydrogens is 388 g/mol.